The van der Waals surface area contributed by atoms with Gasteiger partial charge < -0.3 is 16.2 Å². The number of anilines is 2. The van der Waals surface area contributed by atoms with Gasteiger partial charge >= 0.3 is 0 Å². The lowest BCUT2D eigenvalue weighted by atomic mass is 10.1. The molecule has 0 aliphatic heterocycles. The van der Waals surface area contributed by atoms with Crippen molar-refractivity contribution in [1.29, 1.82) is 0 Å². The van der Waals surface area contributed by atoms with Crippen LogP contribution in [0.4, 0.5) is 11.5 Å². The number of aromatic nitrogens is 1. The summed E-state index contributed by atoms with van der Waals surface area (Å²) in [6, 6.07) is 0. The van der Waals surface area contributed by atoms with Gasteiger partial charge in [-0.1, -0.05) is 0 Å². The smallest absolute Gasteiger partial charge is 0.147 e. The number of nitrogens with zero attached hydrogens (tertiary/aromatic N) is 1. The second kappa shape index (κ2) is 5.32. The molecule has 0 spiro atoms. The Balaban J connectivity index is 2.89. The number of pyridine rings is 1. The van der Waals surface area contributed by atoms with Crippen LogP contribution in [0.15, 0.2) is 4.47 Å². The Morgan fingerprint density at radius 2 is 2.07 bits per heavy atom. The average molecular weight is 274 g/mol. The van der Waals surface area contributed by atoms with Crippen molar-refractivity contribution in [1.82, 2.24) is 4.98 Å². The molecule has 0 amide bonds. The van der Waals surface area contributed by atoms with Gasteiger partial charge in [-0.3, -0.25) is 0 Å². The van der Waals surface area contributed by atoms with Crippen molar-refractivity contribution in [3.05, 3.63) is 15.7 Å². The third-order valence-electron chi connectivity index (χ3n) is 2.28. The molecule has 0 aliphatic rings. The van der Waals surface area contributed by atoms with E-state index in [1.165, 1.54) is 0 Å². The minimum atomic E-state index is 0.406. The predicted molar refractivity (Wildman–Crippen MR) is 65.7 cm³/mol. The summed E-state index contributed by atoms with van der Waals surface area (Å²) in [5.74, 6) is 0.406. The zero-order valence-corrected chi connectivity index (χ0v) is 10.6. The summed E-state index contributed by atoms with van der Waals surface area (Å²) in [6.45, 7) is 2.65. The molecule has 84 valence electrons. The van der Waals surface area contributed by atoms with Crippen molar-refractivity contribution in [3.63, 3.8) is 0 Å². The first-order chi connectivity index (χ1) is 7.07. The maximum atomic E-state index is 5.76. The van der Waals surface area contributed by atoms with Crippen LogP contribution in [-0.4, -0.2) is 18.7 Å². The summed E-state index contributed by atoms with van der Waals surface area (Å²) >= 11 is 3.48. The number of hydrogen-bond donors (Lipinski definition) is 2. The Morgan fingerprint density at radius 3 is 2.67 bits per heavy atom. The summed E-state index contributed by atoms with van der Waals surface area (Å²) in [6.07, 6.45) is 1.75. The van der Waals surface area contributed by atoms with Crippen LogP contribution in [0.1, 0.15) is 17.7 Å². The third-order valence-corrected chi connectivity index (χ3v) is 3.33. The van der Waals surface area contributed by atoms with E-state index >= 15 is 0 Å². The molecule has 5 heteroatoms. The fourth-order valence-electron chi connectivity index (χ4n) is 1.33. The number of nitrogens with two attached hydrogens (primary N) is 2. The minimum Gasteiger partial charge on any atom is -0.395 e. The van der Waals surface area contributed by atoms with Gasteiger partial charge in [-0.2, -0.15) is 0 Å². The topological polar surface area (TPSA) is 74.2 Å². The van der Waals surface area contributed by atoms with Gasteiger partial charge in [0.05, 0.1) is 11.4 Å². The number of rotatable bonds is 4. The number of aryl methyl sites for hydroxylation is 1. The van der Waals surface area contributed by atoms with Gasteiger partial charge in [0.15, 0.2) is 0 Å². The van der Waals surface area contributed by atoms with Crippen LogP contribution in [0.2, 0.25) is 0 Å². The van der Waals surface area contributed by atoms with E-state index in [9.17, 15) is 0 Å². The lowest BCUT2D eigenvalue weighted by molar-refractivity contribution is 0.195. The molecule has 4 N–H and O–H groups in total. The standard InChI is InChI=1S/C10H16BrN3O/c1-6-8(11)7(4-3-5-15-2)14-10(13)9(6)12/h3-5,12H2,1-2H3,(H2,13,14). The molecule has 4 nitrogen and oxygen atoms in total. The number of nitrogen functional groups attached to an aromatic ring is 2. The van der Waals surface area contributed by atoms with Gasteiger partial charge in [0.25, 0.3) is 0 Å². The van der Waals surface area contributed by atoms with E-state index in [0.29, 0.717) is 11.5 Å². The quantitative estimate of drug-likeness (QED) is 0.822. The minimum absolute atomic E-state index is 0.406. The molecule has 0 atom stereocenters. The highest BCUT2D eigenvalue weighted by molar-refractivity contribution is 9.10. The second-order valence-electron chi connectivity index (χ2n) is 3.39. The van der Waals surface area contributed by atoms with Crippen molar-refractivity contribution in [2.24, 2.45) is 0 Å². The lowest BCUT2D eigenvalue weighted by Gasteiger charge is -2.10. The molecule has 15 heavy (non-hydrogen) atoms. The molecule has 0 fully saturated rings. The normalized spacial score (nSPS) is 10.6. The molecular formula is C10H16BrN3O. The molecular weight excluding hydrogens is 258 g/mol. The molecule has 0 bridgehead atoms. The van der Waals surface area contributed by atoms with Crippen LogP contribution < -0.4 is 11.5 Å². The largest absolute Gasteiger partial charge is 0.395 e. The summed E-state index contributed by atoms with van der Waals surface area (Å²) in [7, 11) is 1.69. The van der Waals surface area contributed by atoms with Gasteiger partial charge in [-0.05, 0) is 41.3 Å². The Morgan fingerprint density at radius 1 is 1.40 bits per heavy atom. The summed E-state index contributed by atoms with van der Waals surface area (Å²) in [5, 5.41) is 0. The molecule has 0 saturated carbocycles. The molecule has 0 aromatic carbocycles. The van der Waals surface area contributed by atoms with Crippen LogP contribution >= 0.6 is 15.9 Å². The van der Waals surface area contributed by atoms with Gasteiger partial charge in [-0.15, -0.1) is 0 Å². The second-order valence-corrected chi connectivity index (χ2v) is 4.19. The molecule has 1 heterocycles. The first kappa shape index (κ1) is 12.3. The van der Waals surface area contributed by atoms with E-state index in [-0.39, 0.29) is 0 Å². The number of methoxy groups -OCH3 is 1. The SMILES string of the molecule is COCCCc1nc(N)c(N)c(C)c1Br. The molecule has 1 aromatic heterocycles. The highest BCUT2D eigenvalue weighted by atomic mass is 79.9. The van der Waals surface area contributed by atoms with Gasteiger partial charge in [0.2, 0.25) is 0 Å². The fourth-order valence-corrected chi connectivity index (χ4v) is 1.83. The van der Waals surface area contributed by atoms with Crippen LogP contribution in [0, 0.1) is 6.92 Å². The zero-order chi connectivity index (χ0) is 11.4. The summed E-state index contributed by atoms with van der Waals surface area (Å²) in [4.78, 5) is 4.26. The van der Waals surface area contributed by atoms with Crippen molar-refractivity contribution >= 4 is 27.4 Å². The van der Waals surface area contributed by atoms with E-state index in [1.54, 1.807) is 7.11 Å². The van der Waals surface area contributed by atoms with E-state index in [4.69, 9.17) is 16.2 Å². The van der Waals surface area contributed by atoms with Crippen molar-refractivity contribution in [3.8, 4) is 0 Å². The average Bonchev–Trinajstić information content (AvgIpc) is 2.23. The van der Waals surface area contributed by atoms with E-state index in [0.717, 1.165) is 35.2 Å². The van der Waals surface area contributed by atoms with Crippen LogP contribution in [0.25, 0.3) is 0 Å². The molecule has 1 aromatic rings. The zero-order valence-electron chi connectivity index (χ0n) is 9.01. The van der Waals surface area contributed by atoms with Gasteiger partial charge in [-0.25, -0.2) is 4.98 Å². The molecule has 0 unspecified atom stereocenters. The highest BCUT2D eigenvalue weighted by Gasteiger charge is 2.10. The monoisotopic (exact) mass is 273 g/mol. The maximum absolute atomic E-state index is 5.76. The van der Waals surface area contributed by atoms with E-state index in [1.807, 2.05) is 6.92 Å². The van der Waals surface area contributed by atoms with Crippen molar-refractivity contribution < 1.29 is 4.74 Å². The van der Waals surface area contributed by atoms with Crippen LogP contribution in [0.3, 0.4) is 0 Å². The van der Waals surface area contributed by atoms with Crippen molar-refractivity contribution in [2.75, 3.05) is 25.2 Å². The summed E-state index contributed by atoms with van der Waals surface area (Å²) < 4.78 is 5.94. The molecule has 0 aliphatic carbocycles. The van der Waals surface area contributed by atoms with E-state index in [2.05, 4.69) is 20.9 Å². The number of hydrogen-bond acceptors (Lipinski definition) is 4. The predicted octanol–water partition coefficient (Wildman–Crippen LogP) is 1.90. The van der Waals surface area contributed by atoms with E-state index < -0.39 is 0 Å². The first-order valence-electron chi connectivity index (χ1n) is 4.76. The fraction of sp³-hybridized carbons (Fsp3) is 0.500. The molecule has 1 rings (SSSR count). The third kappa shape index (κ3) is 2.82. The Labute approximate surface area is 98.1 Å². The Bertz CT molecular complexity index is 355. The molecule has 0 saturated heterocycles. The number of halogens is 1. The molecule has 0 radical (unpaired) electrons. The Hall–Kier alpha value is -0.810. The van der Waals surface area contributed by atoms with Gasteiger partial charge in [0, 0.05) is 18.2 Å². The Kier molecular flexibility index (Phi) is 4.35. The maximum Gasteiger partial charge on any atom is 0.147 e. The first-order valence-corrected chi connectivity index (χ1v) is 5.56. The van der Waals surface area contributed by atoms with Crippen molar-refractivity contribution in [2.45, 2.75) is 19.8 Å². The summed E-state index contributed by atoms with van der Waals surface area (Å²) in [5.41, 5.74) is 13.9. The van der Waals surface area contributed by atoms with Gasteiger partial charge in [0.1, 0.15) is 5.82 Å². The highest BCUT2D eigenvalue weighted by Crippen LogP contribution is 2.28. The number of ether oxygens (including phenoxy) is 1. The van der Waals surface area contributed by atoms with Crippen LogP contribution in [0.5, 0.6) is 0 Å². The lowest BCUT2D eigenvalue weighted by Crippen LogP contribution is -2.06. The van der Waals surface area contributed by atoms with Crippen LogP contribution in [-0.2, 0) is 11.2 Å².